The van der Waals surface area contributed by atoms with Crippen molar-refractivity contribution in [1.82, 2.24) is 0 Å². The number of aliphatic hydroxyl groups excluding tert-OH is 1. The summed E-state index contributed by atoms with van der Waals surface area (Å²) in [6, 6.07) is 4.50. The first-order valence-corrected chi connectivity index (χ1v) is 5.81. The summed E-state index contributed by atoms with van der Waals surface area (Å²) >= 11 is 0. The number of likely N-dealkylation sites (N-methyl/N-ethyl adjacent to an activating group) is 1. The molecule has 0 heterocycles. The van der Waals surface area contributed by atoms with Gasteiger partial charge in [0.25, 0.3) is 0 Å². The van der Waals surface area contributed by atoms with Gasteiger partial charge in [0.05, 0.1) is 12.7 Å². The summed E-state index contributed by atoms with van der Waals surface area (Å²) in [5, 5.41) is 9.67. The van der Waals surface area contributed by atoms with E-state index in [-0.39, 0.29) is 5.82 Å². The molecular weight excluding hydrogens is 221 g/mol. The van der Waals surface area contributed by atoms with Gasteiger partial charge >= 0.3 is 0 Å². The number of benzene rings is 1. The molecule has 3 nitrogen and oxygen atoms in total. The van der Waals surface area contributed by atoms with Gasteiger partial charge in [0.1, 0.15) is 5.82 Å². The molecule has 4 heteroatoms. The molecule has 0 saturated carbocycles. The first kappa shape index (κ1) is 13.9. The second-order valence-corrected chi connectivity index (χ2v) is 3.95. The molecule has 96 valence electrons. The van der Waals surface area contributed by atoms with Gasteiger partial charge in [0.15, 0.2) is 0 Å². The zero-order chi connectivity index (χ0) is 12.8. The second kappa shape index (κ2) is 6.57. The molecular formula is C13H20FNO2. The van der Waals surface area contributed by atoms with E-state index in [4.69, 9.17) is 4.74 Å². The number of aliphatic hydroxyl groups is 1. The van der Waals surface area contributed by atoms with Gasteiger partial charge in [-0.05, 0) is 32.0 Å². The number of nitrogens with zero attached hydrogens (tertiary/aromatic N) is 1. The highest BCUT2D eigenvalue weighted by Crippen LogP contribution is 2.27. The summed E-state index contributed by atoms with van der Waals surface area (Å²) in [4.78, 5) is 2.06. The van der Waals surface area contributed by atoms with Crippen LogP contribution in [-0.4, -0.2) is 31.9 Å². The molecule has 0 aliphatic heterocycles. The van der Waals surface area contributed by atoms with Gasteiger partial charge in [-0.2, -0.15) is 0 Å². The molecule has 0 amide bonds. The van der Waals surface area contributed by atoms with Gasteiger partial charge in [-0.1, -0.05) is 0 Å². The Morgan fingerprint density at radius 1 is 1.47 bits per heavy atom. The highest BCUT2D eigenvalue weighted by Gasteiger charge is 2.14. The van der Waals surface area contributed by atoms with Gasteiger partial charge < -0.3 is 14.7 Å². The number of hydrogen-bond donors (Lipinski definition) is 1. The Morgan fingerprint density at radius 2 is 2.18 bits per heavy atom. The van der Waals surface area contributed by atoms with E-state index in [1.807, 2.05) is 6.92 Å². The van der Waals surface area contributed by atoms with Crippen LogP contribution in [0.15, 0.2) is 18.2 Å². The van der Waals surface area contributed by atoms with E-state index in [1.165, 1.54) is 12.1 Å². The van der Waals surface area contributed by atoms with E-state index in [0.717, 1.165) is 18.8 Å². The Hall–Kier alpha value is -1.13. The van der Waals surface area contributed by atoms with E-state index in [1.54, 1.807) is 20.1 Å². The van der Waals surface area contributed by atoms with Crippen LogP contribution in [0.4, 0.5) is 10.1 Å². The van der Waals surface area contributed by atoms with E-state index in [9.17, 15) is 9.50 Å². The van der Waals surface area contributed by atoms with Crippen LogP contribution in [0, 0.1) is 5.82 Å². The van der Waals surface area contributed by atoms with E-state index >= 15 is 0 Å². The molecule has 1 rings (SSSR count). The number of anilines is 1. The van der Waals surface area contributed by atoms with Crippen LogP contribution in [0.1, 0.15) is 25.5 Å². The van der Waals surface area contributed by atoms with Gasteiger partial charge in [0.2, 0.25) is 0 Å². The van der Waals surface area contributed by atoms with Crippen molar-refractivity contribution >= 4 is 5.69 Å². The fraction of sp³-hybridized carbons (Fsp3) is 0.538. The fourth-order valence-corrected chi connectivity index (χ4v) is 1.80. The van der Waals surface area contributed by atoms with Gasteiger partial charge in [-0.3, -0.25) is 0 Å². The minimum atomic E-state index is -0.683. The van der Waals surface area contributed by atoms with Crippen molar-refractivity contribution in [1.29, 1.82) is 0 Å². The maximum atomic E-state index is 13.2. The van der Waals surface area contributed by atoms with Gasteiger partial charge in [-0.15, -0.1) is 0 Å². The quantitative estimate of drug-likeness (QED) is 0.830. The molecule has 0 saturated heterocycles. The number of hydrogen-bond acceptors (Lipinski definition) is 3. The molecule has 17 heavy (non-hydrogen) atoms. The van der Waals surface area contributed by atoms with E-state index in [0.29, 0.717) is 12.2 Å². The molecule has 0 radical (unpaired) electrons. The lowest BCUT2D eigenvalue weighted by molar-refractivity contribution is 0.197. The third kappa shape index (κ3) is 3.68. The largest absolute Gasteiger partial charge is 0.389 e. The number of methoxy groups -OCH3 is 1. The summed E-state index contributed by atoms with van der Waals surface area (Å²) in [6.07, 6.45) is -0.683. The lowest BCUT2D eigenvalue weighted by Gasteiger charge is -2.26. The Balaban J connectivity index is 3.00. The topological polar surface area (TPSA) is 32.7 Å². The van der Waals surface area contributed by atoms with Crippen molar-refractivity contribution in [2.75, 3.05) is 31.7 Å². The van der Waals surface area contributed by atoms with Crippen molar-refractivity contribution in [2.24, 2.45) is 0 Å². The van der Waals surface area contributed by atoms with Crippen molar-refractivity contribution in [3.63, 3.8) is 0 Å². The van der Waals surface area contributed by atoms with Crippen molar-refractivity contribution in [3.05, 3.63) is 29.6 Å². The Labute approximate surface area is 102 Å². The normalized spacial score (nSPS) is 12.5. The maximum Gasteiger partial charge on any atom is 0.123 e. The van der Waals surface area contributed by atoms with Crippen LogP contribution >= 0.6 is 0 Å². The summed E-state index contributed by atoms with van der Waals surface area (Å²) in [7, 11) is 1.65. The number of rotatable bonds is 6. The third-order valence-electron chi connectivity index (χ3n) is 2.73. The molecule has 1 N–H and O–H groups in total. The fourth-order valence-electron chi connectivity index (χ4n) is 1.80. The zero-order valence-corrected chi connectivity index (χ0v) is 10.6. The molecule has 1 aromatic rings. The van der Waals surface area contributed by atoms with Crippen LogP contribution in [0.2, 0.25) is 0 Å². The van der Waals surface area contributed by atoms with Crippen molar-refractivity contribution in [2.45, 2.75) is 20.0 Å². The SMILES string of the molecule is CCN(CCOC)c1ccc(F)cc1[C@@H](C)O. The minimum Gasteiger partial charge on any atom is -0.389 e. The van der Waals surface area contributed by atoms with E-state index < -0.39 is 6.10 Å². The molecule has 0 fully saturated rings. The second-order valence-electron chi connectivity index (χ2n) is 3.95. The minimum absolute atomic E-state index is 0.326. The van der Waals surface area contributed by atoms with Crippen LogP contribution in [0.5, 0.6) is 0 Å². The Morgan fingerprint density at radius 3 is 2.71 bits per heavy atom. The summed E-state index contributed by atoms with van der Waals surface area (Å²) in [5.41, 5.74) is 1.48. The molecule has 1 aromatic carbocycles. The highest BCUT2D eigenvalue weighted by molar-refractivity contribution is 5.54. The average molecular weight is 241 g/mol. The molecule has 0 aromatic heterocycles. The predicted octanol–water partition coefficient (Wildman–Crippen LogP) is 2.35. The first-order valence-electron chi connectivity index (χ1n) is 5.81. The van der Waals surface area contributed by atoms with Crippen molar-refractivity contribution in [3.8, 4) is 0 Å². The molecule has 0 bridgehead atoms. The lowest BCUT2D eigenvalue weighted by atomic mass is 10.1. The number of ether oxygens (including phenoxy) is 1. The van der Waals surface area contributed by atoms with E-state index in [2.05, 4.69) is 4.90 Å². The Bertz CT molecular complexity index is 355. The molecule has 0 aliphatic rings. The maximum absolute atomic E-state index is 13.2. The molecule has 0 aliphatic carbocycles. The van der Waals surface area contributed by atoms with Crippen LogP contribution in [0.3, 0.4) is 0 Å². The first-order chi connectivity index (χ1) is 8.10. The smallest absolute Gasteiger partial charge is 0.123 e. The summed E-state index contributed by atoms with van der Waals surface area (Å²) < 4.78 is 18.2. The lowest BCUT2D eigenvalue weighted by Crippen LogP contribution is -2.28. The summed E-state index contributed by atoms with van der Waals surface area (Å²) in [5.74, 6) is -0.326. The van der Waals surface area contributed by atoms with Crippen molar-refractivity contribution < 1.29 is 14.2 Å². The predicted molar refractivity (Wildman–Crippen MR) is 66.8 cm³/mol. The standard InChI is InChI=1S/C13H20FNO2/c1-4-15(7-8-17-3)13-6-5-11(14)9-12(13)10(2)16/h5-6,9-10,16H,4,7-8H2,1-3H3/t10-/m1/s1. The third-order valence-corrected chi connectivity index (χ3v) is 2.73. The Kier molecular flexibility index (Phi) is 5.38. The van der Waals surface area contributed by atoms with Crippen LogP contribution < -0.4 is 4.90 Å². The number of halogens is 1. The monoisotopic (exact) mass is 241 g/mol. The summed E-state index contributed by atoms with van der Waals surface area (Å²) in [6.45, 7) is 5.77. The van der Waals surface area contributed by atoms with Gasteiger partial charge in [-0.25, -0.2) is 4.39 Å². The molecule has 0 spiro atoms. The zero-order valence-electron chi connectivity index (χ0n) is 10.6. The van der Waals surface area contributed by atoms with Gasteiger partial charge in [0, 0.05) is 31.5 Å². The average Bonchev–Trinajstić information content (AvgIpc) is 2.31. The van der Waals surface area contributed by atoms with Crippen LogP contribution in [0.25, 0.3) is 0 Å². The molecule has 1 atom stereocenters. The highest BCUT2D eigenvalue weighted by atomic mass is 19.1. The van der Waals surface area contributed by atoms with Crippen LogP contribution in [-0.2, 0) is 4.74 Å². The molecule has 0 unspecified atom stereocenters.